The highest BCUT2D eigenvalue weighted by Crippen LogP contribution is 2.23. The SMILES string of the molecule is CCOC(=O)/C=C(/c1cc(C)[nH]c1C)N(CC)CC. The Bertz CT molecular complexity index is 457. The molecule has 4 heteroatoms. The van der Waals surface area contributed by atoms with E-state index in [1.165, 1.54) is 0 Å². The van der Waals surface area contributed by atoms with Gasteiger partial charge in [0, 0.05) is 36.1 Å². The fourth-order valence-electron chi connectivity index (χ4n) is 2.19. The minimum absolute atomic E-state index is 0.289. The van der Waals surface area contributed by atoms with E-state index in [1.54, 1.807) is 6.08 Å². The molecule has 0 aromatic carbocycles. The highest BCUT2D eigenvalue weighted by molar-refractivity contribution is 5.91. The Morgan fingerprint density at radius 2 is 1.95 bits per heavy atom. The lowest BCUT2D eigenvalue weighted by Gasteiger charge is -2.24. The zero-order valence-electron chi connectivity index (χ0n) is 12.5. The summed E-state index contributed by atoms with van der Waals surface area (Å²) < 4.78 is 5.03. The molecule has 106 valence electrons. The third-order valence-corrected chi connectivity index (χ3v) is 3.07. The average Bonchev–Trinajstić information content (AvgIpc) is 2.69. The van der Waals surface area contributed by atoms with E-state index in [-0.39, 0.29) is 5.97 Å². The van der Waals surface area contributed by atoms with E-state index in [1.807, 2.05) is 20.8 Å². The number of carbonyl (C=O) groups is 1. The van der Waals surface area contributed by atoms with E-state index in [0.717, 1.165) is 35.7 Å². The van der Waals surface area contributed by atoms with E-state index in [4.69, 9.17) is 4.74 Å². The van der Waals surface area contributed by atoms with Gasteiger partial charge in [-0.2, -0.15) is 0 Å². The van der Waals surface area contributed by atoms with Crippen molar-refractivity contribution in [2.24, 2.45) is 0 Å². The number of carbonyl (C=O) groups excluding carboxylic acids is 1. The van der Waals surface area contributed by atoms with Crippen LogP contribution in [0, 0.1) is 13.8 Å². The summed E-state index contributed by atoms with van der Waals surface area (Å²) in [6, 6.07) is 2.07. The van der Waals surface area contributed by atoms with Gasteiger partial charge >= 0.3 is 5.97 Å². The summed E-state index contributed by atoms with van der Waals surface area (Å²) in [5.41, 5.74) is 4.15. The Labute approximate surface area is 115 Å². The molecule has 1 aromatic rings. The van der Waals surface area contributed by atoms with Gasteiger partial charge in [-0.1, -0.05) is 0 Å². The number of hydrogen-bond donors (Lipinski definition) is 1. The van der Waals surface area contributed by atoms with Crippen molar-refractivity contribution in [2.45, 2.75) is 34.6 Å². The van der Waals surface area contributed by atoms with Crippen molar-refractivity contribution < 1.29 is 9.53 Å². The Balaban J connectivity index is 3.19. The standard InChI is InChI=1S/C15H24N2O2/c1-6-17(7-2)14(10-15(18)19-8-3)13-9-11(4)16-12(13)5/h9-10,16H,6-8H2,1-5H3/b14-10-. The maximum absolute atomic E-state index is 11.7. The van der Waals surface area contributed by atoms with Crippen LogP contribution in [-0.2, 0) is 9.53 Å². The van der Waals surface area contributed by atoms with Crippen LogP contribution < -0.4 is 0 Å². The van der Waals surface area contributed by atoms with Gasteiger partial charge in [-0.05, 0) is 40.7 Å². The minimum atomic E-state index is -0.289. The number of esters is 1. The first-order chi connectivity index (χ1) is 9.03. The summed E-state index contributed by atoms with van der Waals surface area (Å²) in [6.45, 7) is 12.1. The molecule has 19 heavy (non-hydrogen) atoms. The second-order valence-corrected chi connectivity index (χ2v) is 4.44. The van der Waals surface area contributed by atoms with Crippen LogP contribution in [0.1, 0.15) is 37.7 Å². The number of nitrogens with one attached hydrogen (secondary N) is 1. The lowest BCUT2D eigenvalue weighted by molar-refractivity contribution is -0.137. The molecule has 0 aliphatic carbocycles. The van der Waals surface area contributed by atoms with E-state index in [2.05, 4.69) is 29.8 Å². The fourth-order valence-corrected chi connectivity index (χ4v) is 2.19. The molecule has 0 saturated heterocycles. The van der Waals surface area contributed by atoms with Crippen molar-refractivity contribution in [1.82, 2.24) is 9.88 Å². The maximum atomic E-state index is 11.7. The highest BCUT2D eigenvalue weighted by Gasteiger charge is 2.15. The van der Waals surface area contributed by atoms with E-state index >= 15 is 0 Å². The van der Waals surface area contributed by atoms with Gasteiger partial charge in [-0.25, -0.2) is 4.79 Å². The minimum Gasteiger partial charge on any atom is -0.463 e. The zero-order valence-corrected chi connectivity index (χ0v) is 12.5. The van der Waals surface area contributed by atoms with Crippen LogP contribution in [0.15, 0.2) is 12.1 Å². The van der Waals surface area contributed by atoms with Gasteiger partial charge in [0.15, 0.2) is 0 Å². The van der Waals surface area contributed by atoms with E-state index < -0.39 is 0 Å². The van der Waals surface area contributed by atoms with E-state index in [0.29, 0.717) is 6.61 Å². The molecule has 4 nitrogen and oxygen atoms in total. The number of nitrogens with zero attached hydrogens (tertiary/aromatic N) is 1. The van der Waals surface area contributed by atoms with E-state index in [9.17, 15) is 4.79 Å². The van der Waals surface area contributed by atoms with Crippen molar-refractivity contribution in [1.29, 1.82) is 0 Å². The molecule has 0 amide bonds. The van der Waals surface area contributed by atoms with Gasteiger partial charge in [0.05, 0.1) is 12.3 Å². The highest BCUT2D eigenvalue weighted by atomic mass is 16.5. The van der Waals surface area contributed by atoms with Crippen LogP contribution in [0.3, 0.4) is 0 Å². The monoisotopic (exact) mass is 264 g/mol. The first-order valence-electron chi connectivity index (χ1n) is 6.83. The Morgan fingerprint density at radius 1 is 1.32 bits per heavy atom. The topological polar surface area (TPSA) is 45.3 Å². The smallest absolute Gasteiger partial charge is 0.332 e. The van der Waals surface area contributed by atoms with Gasteiger partial charge in [0.1, 0.15) is 0 Å². The molecule has 0 bridgehead atoms. The number of rotatable bonds is 6. The Morgan fingerprint density at radius 3 is 2.37 bits per heavy atom. The van der Waals surface area contributed by atoms with Crippen molar-refractivity contribution >= 4 is 11.7 Å². The van der Waals surface area contributed by atoms with Crippen LogP contribution in [-0.4, -0.2) is 35.5 Å². The summed E-state index contributed by atoms with van der Waals surface area (Å²) in [7, 11) is 0. The van der Waals surface area contributed by atoms with Gasteiger partial charge < -0.3 is 14.6 Å². The second-order valence-electron chi connectivity index (χ2n) is 4.44. The molecule has 0 unspecified atom stereocenters. The summed E-state index contributed by atoms with van der Waals surface area (Å²) in [5, 5.41) is 0. The molecular weight excluding hydrogens is 240 g/mol. The van der Waals surface area contributed by atoms with Gasteiger partial charge in [-0.15, -0.1) is 0 Å². The summed E-state index contributed by atoms with van der Waals surface area (Å²) in [6.07, 6.45) is 1.59. The molecule has 0 aliphatic rings. The fraction of sp³-hybridized carbons (Fsp3) is 0.533. The summed E-state index contributed by atoms with van der Waals surface area (Å²) >= 11 is 0. The second kappa shape index (κ2) is 7.02. The van der Waals surface area contributed by atoms with Crippen molar-refractivity contribution in [3.63, 3.8) is 0 Å². The molecular formula is C15H24N2O2. The molecule has 0 saturated carbocycles. The number of H-pyrrole nitrogens is 1. The van der Waals surface area contributed by atoms with Crippen LogP contribution in [0.25, 0.3) is 5.70 Å². The summed E-state index contributed by atoms with van der Waals surface area (Å²) in [4.78, 5) is 17.2. The van der Waals surface area contributed by atoms with Gasteiger partial charge in [0.2, 0.25) is 0 Å². The lowest BCUT2D eigenvalue weighted by Crippen LogP contribution is -2.22. The van der Waals surface area contributed by atoms with Crippen molar-refractivity contribution in [3.8, 4) is 0 Å². The number of ether oxygens (including phenoxy) is 1. The normalized spacial score (nSPS) is 11.5. The number of aromatic amines is 1. The summed E-state index contributed by atoms with van der Waals surface area (Å²) in [5.74, 6) is -0.289. The maximum Gasteiger partial charge on any atom is 0.332 e. The first kappa shape index (κ1) is 15.3. The molecule has 1 aromatic heterocycles. The van der Waals surface area contributed by atoms with Gasteiger partial charge in [-0.3, -0.25) is 0 Å². The Kier molecular flexibility index (Phi) is 5.67. The molecule has 0 aliphatic heterocycles. The van der Waals surface area contributed by atoms with Crippen molar-refractivity contribution in [2.75, 3.05) is 19.7 Å². The number of aryl methyl sites for hydroxylation is 2. The third-order valence-electron chi connectivity index (χ3n) is 3.07. The predicted molar refractivity (Wildman–Crippen MR) is 77.8 cm³/mol. The van der Waals surface area contributed by atoms with Crippen molar-refractivity contribution in [3.05, 3.63) is 29.1 Å². The molecule has 1 rings (SSSR count). The molecule has 0 atom stereocenters. The molecule has 1 N–H and O–H groups in total. The van der Waals surface area contributed by atoms with Crippen LogP contribution in [0.5, 0.6) is 0 Å². The quantitative estimate of drug-likeness (QED) is 0.635. The molecule has 0 spiro atoms. The largest absolute Gasteiger partial charge is 0.463 e. The third kappa shape index (κ3) is 3.88. The lowest BCUT2D eigenvalue weighted by atomic mass is 10.1. The molecule has 0 fully saturated rings. The zero-order chi connectivity index (χ0) is 14.4. The number of aromatic nitrogens is 1. The van der Waals surface area contributed by atoms with Crippen LogP contribution >= 0.6 is 0 Å². The molecule has 1 heterocycles. The predicted octanol–water partition coefficient (Wildman–Crippen LogP) is 2.88. The average molecular weight is 264 g/mol. The number of hydrogen-bond acceptors (Lipinski definition) is 3. The molecule has 0 radical (unpaired) electrons. The Hall–Kier alpha value is -1.71. The van der Waals surface area contributed by atoms with Gasteiger partial charge in [0.25, 0.3) is 0 Å². The van der Waals surface area contributed by atoms with Crippen LogP contribution in [0.2, 0.25) is 0 Å². The van der Waals surface area contributed by atoms with Crippen LogP contribution in [0.4, 0.5) is 0 Å². The first-order valence-corrected chi connectivity index (χ1v) is 6.83.